The van der Waals surface area contributed by atoms with Crippen molar-refractivity contribution in [1.29, 1.82) is 0 Å². The predicted octanol–water partition coefficient (Wildman–Crippen LogP) is 2.64. The normalized spacial score (nSPS) is 19.9. The minimum absolute atomic E-state index is 0.277. The Balaban J connectivity index is 1.91. The fraction of sp³-hybridized carbons (Fsp3) is 0.750. The van der Waals surface area contributed by atoms with Gasteiger partial charge < -0.3 is 9.73 Å². The van der Waals surface area contributed by atoms with E-state index in [1.165, 1.54) is 24.3 Å². The van der Waals surface area contributed by atoms with Crippen LogP contribution in [0.2, 0.25) is 0 Å². The molecule has 2 rings (SSSR count). The van der Waals surface area contributed by atoms with E-state index in [9.17, 15) is 0 Å². The second-order valence-electron chi connectivity index (χ2n) is 4.44. The first-order valence-electron chi connectivity index (χ1n) is 5.99. The van der Waals surface area contributed by atoms with Gasteiger partial charge in [-0.1, -0.05) is 0 Å². The number of nitrogens with one attached hydrogen (secondary N) is 1. The molecule has 0 saturated carbocycles. The molecule has 1 aromatic rings. The molecule has 0 radical (unpaired) electrons. The van der Waals surface area contributed by atoms with Crippen LogP contribution in [0.4, 0.5) is 0 Å². The number of hydrogen-bond donors (Lipinski definition) is 1. The van der Waals surface area contributed by atoms with E-state index in [0.29, 0.717) is 0 Å². The van der Waals surface area contributed by atoms with E-state index < -0.39 is 0 Å². The quantitative estimate of drug-likeness (QED) is 0.878. The Labute approximate surface area is 101 Å². The van der Waals surface area contributed by atoms with E-state index >= 15 is 0 Å². The molecule has 1 aliphatic rings. The molecular weight excluding hydrogens is 220 g/mol. The third-order valence-electron chi connectivity index (χ3n) is 3.25. The summed E-state index contributed by atoms with van der Waals surface area (Å²) in [5.74, 6) is 4.28. The Bertz CT molecular complexity index is 321. The van der Waals surface area contributed by atoms with E-state index in [1.807, 2.05) is 7.05 Å². The molecule has 1 aliphatic heterocycles. The van der Waals surface area contributed by atoms with Gasteiger partial charge in [0, 0.05) is 12.5 Å². The molecule has 4 heteroatoms. The van der Waals surface area contributed by atoms with Gasteiger partial charge in [0.2, 0.25) is 0 Å². The highest BCUT2D eigenvalue weighted by Crippen LogP contribution is 2.26. The lowest BCUT2D eigenvalue weighted by Crippen LogP contribution is -2.14. The highest BCUT2D eigenvalue weighted by Gasteiger charge is 2.17. The van der Waals surface area contributed by atoms with Gasteiger partial charge in [0.1, 0.15) is 6.26 Å². The molecule has 1 N–H and O–H groups in total. The van der Waals surface area contributed by atoms with Crippen LogP contribution in [-0.2, 0) is 6.42 Å². The fourth-order valence-corrected chi connectivity index (χ4v) is 3.17. The summed E-state index contributed by atoms with van der Waals surface area (Å²) in [5.41, 5.74) is 1.02. The maximum absolute atomic E-state index is 5.53. The lowest BCUT2D eigenvalue weighted by molar-refractivity contribution is 0.408. The summed E-state index contributed by atoms with van der Waals surface area (Å²) in [5, 5.41) is 3.17. The SMILES string of the molecule is CNC(C)c1coc(CC2CCSCC2)n1. The Morgan fingerprint density at radius 1 is 1.56 bits per heavy atom. The highest BCUT2D eigenvalue weighted by atomic mass is 32.2. The lowest BCUT2D eigenvalue weighted by Gasteiger charge is -2.19. The van der Waals surface area contributed by atoms with Gasteiger partial charge in [-0.25, -0.2) is 4.98 Å². The minimum Gasteiger partial charge on any atom is -0.449 e. The van der Waals surface area contributed by atoms with Crippen LogP contribution < -0.4 is 5.32 Å². The summed E-state index contributed by atoms with van der Waals surface area (Å²) in [6.07, 6.45) is 5.42. The zero-order valence-electron chi connectivity index (χ0n) is 10.0. The first-order chi connectivity index (χ1) is 7.79. The van der Waals surface area contributed by atoms with Crippen molar-refractivity contribution in [3.05, 3.63) is 17.8 Å². The molecule has 0 amide bonds. The van der Waals surface area contributed by atoms with Crippen LogP contribution in [0.5, 0.6) is 0 Å². The van der Waals surface area contributed by atoms with Crippen molar-refractivity contribution in [3.63, 3.8) is 0 Å². The third-order valence-corrected chi connectivity index (χ3v) is 4.30. The number of aromatic nitrogens is 1. The van der Waals surface area contributed by atoms with Gasteiger partial charge in [-0.3, -0.25) is 0 Å². The van der Waals surface area contributed by atoms with Crippen molar-refractivity contribution in [2.24, 2.45) is 5.92 Å². The predicted molar refractivity (Wildman–Crippen MR) is 67.7 cm³/mol. The fourth-order valence-electron chi connectivity index (χ4n) is 1.96. The van der Waals surface area contributed by atoms with E-state index in [4.69, 9.17) is 4.42 Å². The maximum Gasteiger partial charge on any atom is 0.194 e. The number of rotatable bonds is 4. The molecule has 0 bridgehead atoms. The van der Waals surface area contributed by atoms with Crippen LogP contribution in [0.25, 0.3) is 0 Å². The zero-order chi connectivity index (χ0) is 11.4. The van der Waals surface area contributed by atoms with Gasteiger partial charge >= 0.3 is 0 Å². The monoisotopic (exact) mass is 240 g/mol. The van der Waals surface area contributed by atoms with E-state index in [-0.39, 0.29) is 6.04 Å². The van der Waals surface area contributed by atoms with Gasteiger partial charge in [-0.05, 0) is 44.2 Å². The Morgan fingerprint density at radius 2 is 2.31 bits per heavy atom. The summed E-state index contributed by atoms with van der Waals surface area (Å²) in [6.45, 7) is 2.10. The van der Waals surface area contributed by atoms with Gasteiger partial charge in [-0.15, -0.1) is 0 Å². The van der Waals surface area contributed by atoms with E-state index in [1.54, 1.807) is 6.26 Å². The molecule has 2 heterocycles. The third kappa shape index (κ3) is 3.01. The molecule has 0 spiro atoms. The summed E-state index contributed by atoms with van der Waals surface area (Å²) in [6, 6.07) is 0.277. The lowest BCUT2D eigenvalue weighted by atomic mass is 9.99. The molecule has 1 aromatic heterocycles. The average molecular weight is 240 g/mol. The highest BCUT2D eigenvalue weighted by molar-refractivity contribution is 7.99. The molecule has 1 saturated heterocycles. The molecule has 0 aromatic carbocycles. The van der Waals surface area contributed by atoms with Crippen LogP contribution in [0.1, 0.15) is 37.4 Å². The van der Waals surface area contributed by atoms with Crippen LogP contribution in [0.3, 0.4) is 0 Å². The number of hydrogen-bond acceptors (Lipinski definition) is 4. The second kappa shape index (κ2) is 5.73. The summed E-state index contributed by atoms with van der Waals surface area (Å²) in [4.78, 5) is 4.54. The largest absolute Gasteiger partial charge is 0.449 e. The topological polar surface area (TPSA) is 38.1 Å². The first-order valence-corrected chi connectivity index (χ1v) is 7.14. The van der Waals surface area contributed by atoms with Crippen LogP contribution in [0, 0.1) is 5.92 Å². The zero-order valence-corrected chi connectivity index (χ0v) is 10.8. The molecule has 16 heavy (non-hydrogen) atoms. The molecule has 90 valence electrons. The Hall–Kier alpha value is -0.480. The molecular formula is C12H20N2OS. The summed E-state index contributed by atoms with van der Waals surface area (Å²) >= 11 is 2.06. The van der Waals surface area contributed by atoms with Crippen molar-refractivity contribution < 1.29 is 4.42 Å². The van der Waals surface area contributed by atoms with Crippen molar-refractivity contribution in [1.82, 2.24) is 10.3 Å². The van der Waals surface area contributed by atoms with Gasteiger partial charge in [0.05, 0.1) is 5.69 Å². The maximum atomic E-state index is 5.53. The van der Waals surface area contributed by atoms with Crippen molar-refractivity contribution in [3.8, 4) is 0 Å². The average Bonchev–Trinajstić information content (AvgIpc) is 2.78. The Kier molecular flexibility index (Phi) is 4.29. The number of oxazole rings is 1. The van der Waals surface area contributed by atoms with Gasteiger partial charge in [0.15, 0.2) is 5.89 Å². The van der Waals surface area contributed by atoms with Gasteiger partial charge in [-0.2, -0.15) is 11.8 Å². The van der Waals surface area contributed by atoms with Gasteiger partial charge in [0.25, 0.3) is 0 Å². The van der Waals surface area contributed by atoms with Crippen LogP contribution >= 0.6 is 11.8 Å². The van der Waals surface area contributed by atoms with Crippen molar-refractivity contribution in [2.45, 2.75) is 32.2 Å². The van der Waals surface area contributed by atoms with E-state index in [0.717, 1.165) is 23.9 Å². The number of thioether (sulfide) groups is 1. The van der Waals surface area contributed by atoms with Crippen LogP contribution in [-0.4, -0.2) is 23.5 Å². The van der Waals surface area contributed by atoms with Crippen molar-refractivity contribution in [2.75, 3.05) is 18.6 Å². The van der Waals surface area contributed by atoms with E-state index in [2.05, 4.69) is 29.0 Å². The Morgan fingerprint density at radius 3 is 3.00 bits per heavy atom. The first kappa shape index (κ1) is 12.0. The smallest absolute Gasteiger partial charge is 0.194 e. The minimum atomic E-state index is 0.277. The standard InChI is InChI=1S/C12H20N2OS/c1-9(13-2)11-8-15-12(14-11)7-10-3-5-16-6-4-10/h8-10,13H,3-7H2,1-2H3. The molecule has 0 aliphatic carbocycles. The molecule has 3 nitrogen and oxygen atoms in total. The second-order valence-corrected chi connectivity index (χ2v) is 5.66. The van der Waals surface area contributed by atoms with Crippen LogP contribution in [0.15, 0.2) is 10.7 Å². The molecule has 1 unspecified atom stereocenters. The molecule has 1 atom stereocenters. The number of nitrogens with zero attached hydrogens (tertiary/aromatic N) is 1. The summed E-state index contributed by atoms with van der Waals surface area (Å²) in [7, 11) is 1.94. The van der Waals surface area contributed by atoms with Crippen molar-refractivity contribution >= 4 is 11.8 Å². The summed E-state index contributed by atoms with van der Waals surface area (Å²) < 4.78 is 5.53. The molecule has 1 fully saturated rings.